The number of nitrogens with zero attached hydrogens (tertiary/aromatic N) is 1. The minimum Gasteiger partial charge on any atom is -0.489 e. The maximum absolute atomic E-state index is 12.1. The lowest BCUT2D eigenvalue weighted by atomic mass is 10.1. The normalized spacial score (nSPS) is 11.3. The highest BCUT2D eigenvalue weighted by Crippen LogP contribution is 2.26. The summed E-state index contributed by atoms with van der Waals surface area (Å²) >= 11 is 0. The van der Waals surface area contributed by atoms with E-state index in [1.54, 1.807) is 24.3 Å². The van der Waals surface area contributed by atoms with Crippen molar-refractivity contribution >= 4 is 5.69 Å². The molecule has 1 aromatic heterocycles. The van der Waals surface area contributed by atoms with E-state index in [1.807, 2.05) is 0 Å². The van der Waals surface area contributed by atoms with Crippen molar-refractivity contribution in [1.29, 1.82) is 0 Å². The van der Waals surface area contributed by atoms with Crippen LogP contribution in [0.1, 0.15) is 5.56 Å². The van der Waals surface area contributed by atoms with Crippen molar-refractivity contribution in [3.63, 3.8) is 0 Å². The van der Waals surface area contributed by atoms with E-state index in [2.05, 4.69) is 9.89 Å². The lowest BCUT2D eigenvalue weighted by Gasteiger charge is -2.10. The van der Waals surface area contributed by atoms with Crippen LogP contribution in [0.15, 0.2) is 59.3 Å². The van der Waals surface area contributed by atoms with E-state index in [0.717, 1.165) is 5.56 Å². The lowest BCUT2D eigenvalue weighted by Crippen LogP contribution is -2.17. The van der Waals surface area contributed by atoms with Gasteiger partial charge < -0.3 is 19.7 Å². The maximum Gasteiger partial charge on any atom is 0.573 e. The molecular weight excluding hydrogens is 337 g/mol. The quantitative estimate of drug-likeness (QED) is 0.738. The fraction of sp³-hybridized carbons (Fsp3) is 0.118. The first kappa shape index (κ1) is 16.7. The van der Waals surface area contributed by atoms with E-state index in [0.29, 0.717) is 22.7 Å². The van der Waals surface area contributed by atoms with E-state index < -0.39 is 6.36 Å². The third-order valence-corrected chi connectivity index (χ3v) is 3.29. The second-order valence-corrected chi connectivity index (χ2v) is 5.12. The van der Waals surface area contributed by atoms with Crippen LogP contribution in [-0.2, 0) is 6.61 Å². The number of ether oxygens (including phenoxy) is 2. The number of hydrogen-bond donors (Lipinski definition) is 1. The standard InChI is InChI=1S/C17H13F3N2O3/c18-17(19,20)25-14-5-1-11(2-6-14)9-23-13-7-3-12(4-8-13)16-15(21)10-24-22-16/h1-8,10H,9,21H2. The van der Waals surface area contributed by atoms with Crippen molar-refractivity contribution in [2.24, 2.45) is 0 Å². The van der Waals surface area contributed by atoms with Crippen LogP contribution in [0.4, 0.5) is 18.9 Å². The van der Waals surface area contributed by atoms with Crippen LogP contribution in [0.2, 0.25) is 0 Å². The minimum atomic E-state index is -4.70. The molecule has 0 aliphatic rings. The van der Waals surface area contributed by atoms with Crippen LogP contribution < -0.4 is 15.2 Å². The molecule has 3 aromatic rings. The van der Waals surface area contributed by atoms with Crippen molar-refractivity contribution in [1.82, 2.24) is 5.16 Å². The maximum atomic E-state index is 12.1. The number of nitrogen functional groups attached to an aromatic ring is 1. The predicted molar refractivity (Wildman–Crippen MR) is 83.8 cm³/mol. The van der Waals surface area contributed by atoms with Crippen molar-refractivity contribution < 1.29 is 27.2 Å². The molecule has 0 saturated heterocycles. The Morgan fingerprint density at radius 1 is 0.960 bits per heavy atom. The van der Waals surface area contributed by atoms with Gasteiger partial charge >= 0.3 is 6.36 Å². The number of hydrogen-bond acceptors (Lipinski definition) is 5. The zero-order valence-electron chi connectivity index (χ0n) is 12.8. The number of rotatable bonds is 5. The second kappa shape index (κ2) is 6.76. The molecule has 2 aromatic carbocycles. The van der Waals surface area contributed by atoms with Crippen molar-refractivity contribution in [2.75, 3.05) is 5.73 Å². The number of benzene rings is 2. The van der Waals surface area contributed by atoms with Crippen molar-refractivity contribution in [2.45, 2.75) is 13.0 Å². The smallest absolute Gasteiger partial charge is 0.489 e. The van der Waals surface area contributed by atoms with E-state index in [1.165, 1.54) is 30.5 Å². The molecule has 0 radical (unpaired) electrons. The van der Waals surface area contributed by atoms with Crippen LogP contribution in [0.3, 0.4) is 0 Å². The summed E-state index contributed by atoms with van der Waals surface area (Å²) < 4.78 is 50.5. The van der Waals surface area contributed by atoms with Gasteiger partial charge in [0.2, 0.25) is 0 Å². The van der Waals surface area contributed by atoms with Gasteiger partial charge in [-0.25, -0.2) is 0 Å². The molecule has 0 atom stereocenters. The van der Waals surface area contributed by atoms with Gasteiger partial charge in [-0.15, -0.1) is 13.2 Å². The third-order valence-electron chi connectivity index (χ3n) is 3.29. The molecule has 2 N–H and O–H groups in total. The molecule has 0 amide bonds. The van der Waals surface area contributed by atoms with Crippen LogP contribution in [0.5, 0.6) is 11.5 Å². The molecule has 0 aliphatic heterocycles. The van der Waals surface area contributed by atoms with E-state index >= 15 is 0 Å². The summed E-state index contributed by atoms with van der Waals surface area (Å²) in [5.74, 6) is 0.326. The molecule has 0 bridgehead atoms. The Labute approximate surface area is 140 Å². The van der Waals surface area contributed by atoms with Gasteiger partial charge in [-0.2, -0.15) is 0 Å². The molecule has 0 spiro atoms. The van der Waals surface area contributed by atoms with E-state index in [4.69, 9.17) is 15.0 Å². The lowest BCUT2D eigenvalue weighted by molar-refractivity contribution is -0.274. The predicted octanol–water partition coefficient (Wildman–Crippen LogP) is 4.40. The summed E-state index contributed by atoms with van der Waals surface area (Å²) in [5.41, 5.74) is 8.21. The summed E-state index contributed by atoms with van der Waals surface area (Å²) in [4.78, 5) is 0. The Kier molecular flexibility index (Phi) is 4.51. The van der Waals surface area contributed by atoms with Crippen LogP contribution >= 0.6 is 0 Å². The fourth-order valence-corrected chi connectivity index (χ4v) is 2.13. The average Bonchev–Trinajstić information content (AvgIpc) is 2.99. The number of halogens is 3. The van der Waals surface area contributed by atoms with E-state index in [9.17, 15) is 13.2 Å². The Bertz CT molecular complexity index is 828. The molecule has 3 rings (SSSR count). The number of alkyl halides is 3. The van der Waals surface area contributed by atoms with Gasteiger partial charge in [0.1, 0.15) is 35.8 Å². The fourth-order valence-electron chi connectivity index (χ4n) is 2.13. The van der Waals surface area contributed by atoms with Crippen LogP contribution in [0, 0.1) is 0 Å². The van der Waals surface area contributed by atoms with Gasteiger partial charge in [-0.3, -0.25) is 0 Å². The summed E-state index contributed by atoms with van der Waals surface area (Å²) in [5, 5.41) is 3.81. The Balaban J connectivity index is 1.59. The number of aromatic nitrogens is 1. The van der Waals surface area contributed by atoms with Gasteiger partial charge in [0.25, 0.3) is 0 Å². The molecule has 1 heterocycles. The van der Waals surface area contributed by atoms with Crippen LogP contribution in [0.25, 0.3) is 11.3 Å². The molecular formula is C17H13F3N2O3. The second-order valence-electron chi connectivity index (χ2n) is 5.12. The highest BCUT2D eigenvalue weighted by Gasteiger charge is 2.30. The van der Waals surface area contributed by atoms with E-state index in [-0.39, 0.29) is 12.4 Å². The minimum absolute atomic E-state index is 0.206. The monoisotopic (exact) mass is 350 g/mol. The number of nitrogens with two attached hydrogens (primary N) is 1. The first-order valence-corrected chi connectivity index (χ1v) is 7.18. The molecule has 5 nitrogen and oxygen atoms in total. The topological polar surface area (TPSA) is 70.5 Å². The first-order chi connectivity index (χ1) is 11.9. The van der Waals surface area contributed by atoms with Gasteiger partial charge in [0, 0.05) is 5.56 Å². The van der Waals surface area contributed by atoms with Crippen molar-refractivity contribution in [3.8, 4) is 22.8 Å². The Morgan fingerprint density at radius 3 is 2.16 bits per heavy atom. The molecule has 0 saturated carbocycles. The van der Waals surface area contributed by atoms with Gasteiger partial charge in [-0.05, 0) is 42.0 Å². The van der Waals surface area contributed by atoms with Crippen molar-refractivity contribution in [3.05, 3.63) is 60.4 Å². The largest absolute Gasteiger partial charge is 0.573 e. The Hall–Kier alpha value is -3.16. The van der Waals surface area contributed by atoms with Gasteiger partial charge in [0.15, 0.2) is 0 Å². The molecule has 25 heavy (non-hydrogen) atoms. The molecule has 8 heteroatoms. The highest BCUT2D eigenvalue weighted by molar-refractivity contribution is 5.71. The average molecular weight is 350 g/mol. The molecule has 130 valence electrons. The molecule has 0 fully saturated rings. The number of anilines is 1. The summed E-state index contributed by atoms with van der Waals surface area (Å²) in [7, 11) is 0. The summed E-state index contributed by atoms with van der Waals surface area (Å²) in [6.07, 6.45) is -3.35. The summed E-state index contributed by atoms with van der Waals surface area (Å²) in [6.45, 7) is 0.206. The SMILES string of the molecule is Nc1conc1-c1ccc(OCc2ccc(OC(F)(F)F)cc2)cc1. The highest BCUT2D eigenvalue weighted by atomic mass is 19.4. The van der Waals surface area contributed by atoms with Gasteiger partial charge in [0.05, 0.1) is 0 Å². The summed E-state index contributed by atoms with van der Waals surface area (Å²) in [6, 6.07) is 12.5. The molecule has 0 aliphatic carbocycles. The molecule has 0 unspecified atom stereocenters. The van der Waals surface area contributed by atoms with Gasteiger partial charge in [-0.1, -0.05) is 17.3 Å². The zero-order chi connectivity index (χ0) is 17.9. The Morgan fingerprint density at radius 2 is 1.60 bits per heavy atom. The first-order valence-electron chi connectivity index (χ1n) is 7.18. The zero-order valence-corrected chi connectivity index (χ0v) is 12.8. The van der Waals surface area contributed by atoms with Crippen LogP contribution in [-0.4, -0.2) is 11.5 Å². The third kappa shape index (κ3) is 4.43.